The van der Waals surface area contributed by atoms with Crippen LogP contribution in [-0.4, -0.2) is 17.4 Å². The van der Waals surface area contributed by atoms with E-state index in [1.54, 1.807) is 24.3 Å². The molecule has 90 valence electrons. The van der Waals surface area contributed by atoms with E-state index in [0.717, 1.165) is 5.56 Å². The van der Waals surface area contributed by atoms with Crippen LogP contribution in [0, 0.1) is 15.5 Å². The van der Waals surface area contributed by atoms with Gasteiger partial charge in [0, 0.05) is 18.7 Å². The average Bonchev–Trinajstić information content (AvgIpc) is 2.28. The van der Waals surface area contributed by atoms with Crippen LogP contribution in [0.3, 0.4) is 0 Å². The summed E-state index contributed by atoms with van der Waals surface area (Å²) >= 11 is 0. The zero-order valence-electron chi connectivity index (χ0n) is 9.01. The normalized spacial score (nSPS) is 10.4. The molecule has 0 unspecified atom stereocenters. The Bertz CT molecular complexity index is 444. The number of nitrogens with zero attached hydrogens (tertiary/aromatic N) is 1. The summed E-state index contributed by atoms with van der Waals surface area (Å²) in [4.78, 5) is 10.1. The van der Waals surface area contributed by atoms with E-state index in [-0.39, 0.29) is 11.6 Å². The molecule has 0 radical (unpaired) electrons. The molecule has 0 aliphatic heterocycles. The lowest BCUT2D eigenvalue weighted by Gasteiger charge is -2.01. The first-order valence-corrected chi connectivity index (χ1v) is 4.83. The Morgan fingerprint density at radius 3 is 3.00 bits per heavy atom. The lowest BCUT2D eigenvalue weighted by Crippen LogP contribution is -2.41. The summed E-state index contributed by atoms with van der Waals surface area (Å²) in [6.45, 7) is 0.447. The highest BCUT2D eigenvalue weighted by atomic mass is 16.6. The van der Waals surface area contributed by atoms with Gasteiger partial charge in [-0.1, -0.05) is 24.3 Å². The van der Waals surface area contributed by atoms with Gasteiger partial charge in [0.2, 0.25) is 0 Å². The van der Waals surface area contributed by atoms with E-state index in [1.165, 1.54) is 12.1 Å². The lowest BCUT2D eigenvalue weighted by molar-refractivity contribution is -0.384. The van der Waals surface area contributed by atoms with Crippen molar-refractivity contribution in [2.24, 2.45) is 5.73 Å². The van der Waals surface area contributed by atoms with Crippen LogP contribution in [0.4, 0.5) is 5.69 Å². The zero-order chi connectivity index (χ0) is 12.7. The number of non-ortho nitro benzene ring substituents is 1. The van der Waals surface area contributed by atoms with Gasteiger partial charge >= 0.3 is 0 Å². The van der Waals surface area contributed by atoms with Crippen LogP contribution < -0.4 is 16.6 Å². The van der Waals surface area contributed by atoms with Gasteiger partial charge in [0.05, 0.1) is 4.92 Å². The number of nitrogens with one attached hydrogen (secondary N) is 3. The molecule has 1 rings (SSSR count). The molecule has 7 heteroatoms. The second kappa shape index (κ2) is 6.23. The molecule has 7 nitrogen and oxygen atoms in total. The van der Waals surface area contributed by atoms with Gasteiger partial charge in [-0.15, -0.1) is 0 Å². The van der Waals surface area contributed by atoms with Gasteiger partial charge in [-0.2, -0.15) is 0 Å². The second-order valence-corrected chi connectivity index (χ2v) is 3.17. The largest absolute Gasteiger partial charge is 0.369 e. The van der Waals surface area contributed by atoms with Crippen LogP contribution in [0.2, 0.25) is 0 Å². The summed E-state index contributed by atoms with van der Waals surface area (Å²) < 4.78 is 0. The van der Waals surface area contributed by atoms with Crippen LogP contribution >= 0.6 is 0 Å². The van der Waals surface area contributed by atoms with Crippen molar-refractivity contribution in [2.75, 3.05) is 6.54 Å². The Kier molecular flexibility index (Phi) is 4.64. The molecule has 0 aromatic heterocycles. The third-order valence-corrected chi connectivity index (χ3v) is 1.83. The molecule has 1 aromatic rings. The van der Waals surface area contributed by atoms with E-state index in [0.29, 0.717) is 6.54 Å². The highest BCUT2D eigenvalue weighted by Gasteiger charge is 2.03. The van der Waals surface area contributed by atoms with Gasteiger partial charge in [-0.25, -0.2) is 5.43 Å². The first-order chi connectivity index (χ1) is 8.09. The van der Waals surface area contributed by atoms with E-state index in [1.807, 2.05) is 0 Å². The summed E-state index contributed by atoms with van der Waals surface area (Å²) in [6.07, 6.45) is 3.50. The molecule has 0 aliphatic rings. The van der Waals surface area contributed by atoms with Gasteiger partial charge in [-0.05, 0) is 5.56 Å². The fraction of sp³-hybridized carbons (Fsp3) is 0.100. The van der Waals surface area contributed by atoms with E-state index >= 15 is 0 Å². The number of hydrogen-bond acceptors (Lipinski definition) is 4. The van der Waals surface area contributed by atoms with Crippen molar-refractivity contribution in [1.82, 2.24) is 10.9 Å². The number of hydrogen-bond donors (Lipinski definition) is 4. The topological polar surface area (TPSA) is 117 Å². The van der Waals surface area contributed by atoms with Crippen LogP contribution in [0.5, 0.6) is 0 Å². The average molecular weight is 235 g/mol. The van der Waals surface area contributed by atoms with Crippen molar-refractivity contribution in [3.63, 3.8) is 0 Å². The number of nitrogens with two attached hydrogens (primary N) is 1. The first kappa shape index (κ1) is 12.7. The zero-order valence-corrected chi connectivity index (χ0v) is 9.01. The third-order valence-electron chi connectivity index (χ3n) is 1.83. The Hall–Kier alpha value is -2.41. The van der Waals surface area contributed by atoms with E-state index in [4.69, 9.17) is 11.1 Å². The van der Waals surface area contributed by atoms with Crippen molar-refractivity contribution >= 4 is 17.7 Å². The maximum atomic E-state index is 10.5. The predicted molar refractivity (Wildman–Crippen MR) is 65.2 cm³/mol. The van der Waals surface area contributed by atoms with Crippen LogP contribution in [0.1, 0.15) is 5.56 Å². The molecule has 0 atom stereocenters. The summed E-state index contributed by atoms with van der Waals surface area (Å²) in [5.74, 6) is -0.172. The number of hydrazine groups is 1. The minimum atomic E-state index is -0.438. The molecular weight excluding hydrogens is 222 g/mol. The fourth-order valence-electron chi connectivity index (χ4n) is 1.14. The second-order valence-electron chi connectivity index (χ2n) is 3.17. The number of nitro benzene ring substituents is 1. The number of benzene rings is 1. The lowest BCUT2D eigenvalue weighted by atomic mass is 10.2. The molecule has 17 heavy (non-hydrogen) atoms. The molecule has 0 saturated carbocycles. The molecule has 0 spiro atoms. The van der Waals surface area contributed by atoms with E-state index < -0.39 is 4.92 Å². The standard InChI is InChI=1S/C10H13N5O2/c11-10(12)14-13-6-2-4-8-3-1-5-9(7-8)15(16)17/h1-5,7,13H,6H2,(H4,11,12,14)/b4-2+. The number of rotatable bonds is 5. The van der Waals surface area contributed by atoms with Gasteiger partial charge in [0.1, 0.15) is 0 Å². The number of guanidine groups is 1. The Morgan fingerprint density at radius 1 is 1.59 bits per heavy atom. The first-order valence-electron chi connectivity index (χ1n) is 4.83. The molecule has 0 fully saturated rings. The van der Waals surface area contributed by atoms with Crippen molar-refractivity contribution in [3.05, 3.63) is 46.0 Å². The molecular formula is C10H13N5O2. The minimum Gasteiger partial charge on any atom is -0.369 e. The van der Waals surface area contributed by atoms with E-state index in [2.05, 4.69) is 10.9 Å². The van der Waals surface area contributed by atoms with Gasteiger partial charge in [0.15, 0.2) is 5.96 Å². The van der Waals surface area contributed by atoms with Crippen LogP contribution in [0.25, 0.3) is 6.08 Å². The minimum absolute atomic E-state index is 0.0574. The Labute approximate surface area is 97.9 Å². The van der Waals surface area contributed by atoms with Crippen molar-refractivity contribution in [2.45, 2.75) is 0 Å². The molecule has 0 heterocycles. The summed E-state index contributed by atoms with van der Waals surface area (Å²) in [7, 11) is 0. The molecule has 0 aliphatic carbocycles. The third kappa shape index (κ3) is 4.76. The molecule has 0 bridgehead atoms. The monoisotopic (exact) mass is 235 g/mol. The maximum Gasteiger partial charge on any atom is 0.270 e. The highest BCUT2D eigenvalue weighted by Crippen LogP contribution is 2.13. The van der Waals surface area contributed by atoms with Crippen LogP contribution in [0.15, 0.2) is 30.3 Å². The summed E-state index contributed by atoms with van der Waals surface area (Å²) in [5.41, 5.74) is 10.9. The van der Waals surface area contributed by atoms with E-state index in [9.17, 15) is 10.1 Å². The summed E-state index contributed by atoms with van der Waals surface area (Å²) in [6, 6.07) is 6.31. The molecule has 1 aromatic carbocycles. The molecule has 0 amide bonds. The Morgan fingerprint density at radius 2 is 2.35 bits per heavy atom. The predicted octanol–water partition coefficient (Wildman–Crippen LogP) is 0.596. The van der Waals surface area contributed by atoms with Crippen LogP contribution in [-0.2, 0) is 0 Å². The fourth-order valence-corrected chi connectivity index (χ4v) is 1.14. The van der Waals surface area contributed by atoms with Crippen molar-refractivity contribution in [3.8, 4) is 0 Å². The molecule has 5 N–H and O–H groups in total. The SMILES string of the molecule is N=C(N)NNC/C=C/c1cccc([N+](=O)[O-])c1. The van der Waals surface area contributed by atoms with Gasteiger partial charge in [0.25, 0.3) is 5.69 Å². The smallest absolute Gasteiger partial charge is 0.270 e. The maximum absolute atomic E-state index is 10.5. The van der Waals surface area contributed by atoms with Crippen molar-refractivity contribution in [1.29, 1.82) is 5.41 Å². The Balaban J connectivity index is 2.50. The van der Waals surface area contributed by atoms with Crippen molar-refractivity contribution < 1.29 is 4.92 Å². The number of nitro groups is 1. The molecule has 0 saturated heterocycles. The van der Waals surface area contributed by atoms with Gasteiger partial charge < -0.3 is 5.73 Å². The summed E-state index contributed by atoms with van der Waals surface area (Å²) in [5, 5.41) is 17.4. The quantitative estimate of drug-likeness (QED) is 0.196. The highest BCUT2D eigenvalue weighted by molar-refractivity contribution is 5.73. The van der Waals surface area contributed by atoms with Gasteiger partial charge in [-0.3, -0.25) is 20.9 Å².